The number of amides is 2. The fourth-order valence-electron chi connectivity index (χ4n) is 4.22. The number of rotatable bonds is 5. The lowest BCUT2D eigenvalue weighted by molar-refractivity contribution is -0.132. The van der Waals surface area contributed by atoms with Gasteiger partial charge >= 0.3 is 0 Å². The van der Waals surface area contributed by atoms with Gasteiger partial charge < -0.3 is 10.2 Å². The molecule has 0 radical (unpaired) electrons. The van der Waals surface area contributed by atoms with E-state index < -0.39 is 0 Å². The molecular formula is C20H30N4O2. The van der Waals surface area contributed by atoms with Gasteiger partial charge in [-0.1, -0.05) is 18.9 Å². The van der Waals surface area contributed by atoms with E-state index in [1.54, 1.807) is 0 Å². The number of hydrogen-bond acceptors (Lipinski definition) is 4. The third-order valence-corrected chi connectivity index (χ3v) is 5.53. The molecule has 1 N–H and O–H groups in total. The minimum Gasteiger partial charge on any atom is -0.347 e. The summed E-state index contributed by atoms with van der Waals surface area (Å²) in [5, 5.41) is 2.64. The van der Waals surface area contributed by atoms with Gasteiger partial charge in [-0.25, -0.2) is 0 Å². The molecule has 1 aromatic heterocycles. The van der Waals surface area contributed by atoms with Crippen molar-refractivity contribution < 1.29 is 9.59 Å². The Kier molecular flexibility index (Phi) is 6.61. The van der Waals surface area contributed by atoms with Gasteiger partial charge in [0, 0.05) is 51.0 Å². The van der Waals surface area contributed by atoms with E-state index in [-0.39, 0.29) is 18.4 Å². The van der Waals surface area contributed by atoms with Gasteiger partial charge in [-0.15, -0.1) is 0 Å². The highest BCUT2D eigenvalue weighted by Gasteiger charge is 2.30. The van der Waals surface area contributed by atoms with Crippen LogP contribution in [0.1, 0.15) is 38.3 Å². The van der Waals surface area contributed by atoms with Crippen LogP contribution in [-0.4, -0.2) is 65.4 Å². The number of aromatic nitrogens is 1. The van der Waals surface area contributed by atoms with Crippen LogP contribution in [0.25, 0.3) is 0 Å². The average molecular weight is 358 g/mol. The van der Waals surface area contributed by atoms with E-state index in [0.717, 1.165) is 38.3 Å². The summed E-state index contributed by atoms with van der Waals surface area (Å²) in [6.07, 6.45) is 7.90. The molecule has 142 valence electrons. The van der Waals surface area contributed by atoms with Crippen LogP contribution in [-0.2, 0) is 16.0 Å². The highest BCUT2D eigenvalue weighted by atomic mass is 16.2. The highest BCUT2D eigenvalue weighted by Crippen LogP contribution is 2.26. The summed E-state index contributed by atoms with van der Waals surface area (Å²) >= 11 is 0. The van der Waals surface area contributed by atoms with Crippen molar-refractivity contribution in [3.05, 3.63) is 30.1 Å². The van der Waals surface area contributed by atoms with Crippen molar-refractivity contribution in [2.24, 2.45) is 5.92 Å². The molecule has 0 aromatic carbocycles. The average Bonchev–Trinajstić information content (AvgIpc) is 3.09. The molecule has 1 aliphatic heterocycles. The first-order valence-corrected chi connectivity index (χ1v) is 9.78. The molecule has 0 bridgehead atoms. The van der Waals surface area contributed by atoms with E-state index in [1.165, 1.54) is 32.6 Å². The zero-order chi connectivity index (χ0) is 18.4. The Morgan fingerprint density at radius 1 is 1.19 bits per heavy atom. The summed E-state index contributed by atoms with van der Waals surface area (Å²) in [6, 6.07) is 6.68. The van der Waals surface area contributed by atoms with E-state index >= 15 is 0 Å². The van der Waals surface area contributed by atoms with Crippen molar-refractivity contribution in [1.29, 1.82) is 0 Å². The smallest absolute Gasteiger partial charge is 0.242 e. The molecule has 3 rings (SSSR count). The molecule has 2 heterocycles. The standard InChI is InChI=1S/C20H30N4O2/c1-16(25)22-13-20(26)24-11-10-23(19-7-2-3-8-19)14-17(15-24)12-18-6-4-5-9-21-18/h4-6,9,17,19H,2-3,7-8,10-15H2,1H3,(H,22,25)/t17-/m1/s1. The van der Waals surface area contributed by atoms with Crippen LogP contribution in [0.4, 0.5) is 0 Å². The SMILES string of the molecule is CC(=O)NCC(=O)N1CCN(C2CCCC2)C[C@@H](Cc2ccccn2)C1. The summed E-state index contributed by atoms with van der Waals surface area (Å²) in [4.78, 5) is 32.7. The number of nitrogens with one attached hydrogen (secondary N) is 1. The molecule has 0 spiro atoms. The second kappa shape index (κ2) is 9.12. The number of carbonyl (C=O) groups is 2. The summed E-state index contributed by atoms with van der Waals surface area (Å²) in [5.74, 6) is 0.222. The van der Waals surface area contributed by atoms with Crippen LogP contribution in [0.15, 0.2) is 24.4 Å². The second-order valence-electron chi connectivity index (χ2n) is 7.57. The van der Waals surface area contributed by atoms with Gasteiger partial charge in [-0.05, 0) is 37.3 Å². The van der Waals surface area contributed by atoms with E-state index in [1.807, 2.05) is 23.2 Å². The quantitative estimate of drug-likeness (QED) is 0.866. The summed E-state index contributed by atoms with van der Waals surface area (Å²) in [7, 11) is 0. The highest BCUT2D eigenvalue weighted by molar-refractivity contribution is 5.83. The molecule has 0 unspecified atom stereocenters. The van der Waals surface area contributed by atoms with E-state index in [0.29, 0.717) is 12.0 Å². The van der Waals surface area contributed by atoms with E-state index in [4.69, 9.17) is 0 Å². The lowest BCUT2D eigenvalue weighted by Crippen LogP contribution is -2.42. The maximum atomic E-state index is 12.6. The van der Waals surface area contributed by atoms with E-state index in [9.17, 15) is 9.59 Å². The lowest BCUT2D eigenvalue weighted by Gasteiger charge is -2.29. The van der Waals surface area contributed by atoms with Gasteiger partial charge in [0.2, 0.25) is 11.8 Å². The fraction of sp³-hybridized carbons (Fsp3) is 0.650. The van der Waals surface area contributed by atoms with Crippen molar-refractivity contribution in [3.8, 4) is 0 Å². The molecular weight excluding hydrogens is 328 g/mol. The predicted octanol–water partition coefficient (Wildman–Crippen LogP) is 1.46. The van der Waals surface area contributed by atoms with E-state index in [2.05, 4.69) is 21.3 Å². The van der Waals surface area contributed by atoms with Crippen molar-refractivity contribution >= 4 is 11.8 Å². The first-order chi connectivity index (χ1) is 12.6. The Labute approximate surface area is 156 Å². The van der Waals surface area contributed by atoms with Crippen LogP contribution in [0.2, 0.25) is 0 Å². The molecule has 2 fully saturated rings. The predicted molar refractivity (Wildman–Crippen MR) is 101 cm³/mol. The minimum atomic E-state index is -0.161. The molecule has 2 amide bonds. The molecule has 1 saturated carbocycles. The van der Waals surface area contributed by atoms with Crippen molar-refractivity contribution in [2.75, 3.05) is 32.7 Å². The third-order valence-electron chi connectivity index (χ3n) is 5.53. The van der Waals surface area contributed by atoms with Gasteiger partial charge in [0.05, 0.1) is 6.54 Å². The zero-order valence-electron chi connectivity index (χ0n) is 15.7. The summed E-state index contributed by atoms with van der Waals surface area (Å²) in [5.41, 5.74) is 1.08. The molecule has 6 heteroatoms. The maximum absolute atomic E-state index is 12.6. The van der Waals surface area contributed by atoms with Crippen LogP contribution in [0.5, 0.6) is 0 Å². The van der Waals surface area contributed by atoms with Gasteiger partial charge in [-0.3, -0.25) is 19.5 Å². The van der Waals surface area contributed by atoms with Crippen LogP contribution in [0.3, 0.4) is 0 Å². The van der Waals surface area contributed by atoms with Crippen LogP contribution >= 0.6 is 0 Å². The Morgan fingerprint density at radius 3 is 2.69 bits per heavy atom. The monoisotopic (exact) mass is 358 g/mol. The second-order valence-corrected chi connectivity index (χ2v) is 7.57. The van der Waals surface area contributed by atoms with Gasteiger partial charge in [-0.2, -0.15) is 0 Å². The Morgan fingerprint density at radius 2 is 2.00 bits per heavy atom. The van der Waals surface area contributed by atoms with Crippen LogP contribution < -0.4 is 5.32 Å². The first-order valence-electron chi connectivity index (χ1n) is 9.78. The van der Waals surface area contributed by atoms with Gasteiger partial charge in [0.1, 0.15) is 0 Å². The Bertz CT molecular complexity index is 601. The molecule has 1 atom stereocenters. The Balaban J connectivity index is 1.68. The lowest BCUT2D eigenvalue weighted by atomic mass is 10.0. The maximum Gasteiger partial charge on any atom is 0.242 e. The minimum absolute atomic E-state index is 0.0134. The molecule has 6 nitrogen and oxygen atoms in total. The molecule has 1 aromatic rings. The number of hydrogen-bond donors (Lipinski definition) is 1. The van der Waals surface area contributed by atoms with Gasteiger partial charge in [0.15, 0.2) is 0 Å². The number of pyridine rings is 1. The molecule has 26 heavy (non-hydrogen) atoms. The van der Waals surface area contributed by atoms with Gasteiger partial charge in [0.25, 0.3) is 0 Å². The van der Waals surface area contributed by atoms with Crippen molar-refractivity contribution in [3.63, 3.8) is 0 Å². The summed E-state index contributed by atoms with van der Waals surface area (Å²) in [6.45, 7) is 4.96. The van der Waals surface area contributed by atoms with Crippen molar-refractivity contribution in [2.45, 2.75) is 45.1 Å². The fourth-order valence-corrected chi connectivity index (χ4v) is 4.22. The first kappa shape index (κ1) is 18.8. The number of nitrogens with zero attached hydrogens (tertiary/aromatic N) is 3. The molecule has 1 aliphatic carbocycles. The largest absolute Gasteiger partial charge is 0.347 e. The topological polar surface area (TPSA) is 65.5 Å². The van der Waals surface area contributed by atoms with Crippen molar-refractivity contribution in [1.82, 2.24) is 20.1 Å². The zero-order valence-corrected chi connectivity index (χ0v) is 15.7. The summed E-state index contributed by atoms with van der Waals surface area (Å²) < 4.78 is 0. The Hall–Kier alpha value is -1.95. The third kappa shape index (κ3) is 5.27. The molecule has 1 saturated heterocycles. The normalized spacial score (nSPS) is 22.2. The number of carbonyl (C=O) groups excluding carboxylic acids is 2. The van der Waals surface area contributed by atoms with Crippen LogP contribution in [0, 0.1) is 5.92 Å². The molecule has 2 aliphatic rings.